The molecule has 2 N–H and O–H groups in total. The summed E-state index contributed by atoms with van der Waals surface area (Å²) in [6.45, 7) is 1.33. The van der Waals surface area contributed by atoms with Crippen LogP contribution in [0.15, 0.2) is 29.2 Å². The van der Waals surface area contributed by atoms with Crippen molar-refractivity contribution in [2.45, 2.75) is 11.3 Å². The van der Waals surface area contributed by atoms with Crippen molar-refractivity contribution in [3.8, 4) is 0 Å². The minimum Gasteiger partial charge on any atom is -0.398 e. The Kier molecular flexibility index (Phi) is 5.13. The molecule has 0 saturated heterocycles. The van der Waals surface area contributed by atoms with Crippen molar-refractivity contribution in [2.24, 2.45) is 0 Å². The Morgan fingerprint density at radius 1 is 1.11 bits per heavy atom. The van der Waals surface area contributed by atoms with Crippen LogP contribution in [0.2, 0.25) is 0 Å². The first kappa shape index (κ1) is 14.9. The largest absolute Gasteiger partial charge is 0.398 e. The van der Waals surface area contributed by atoms with Crippen LogP contribution in [0, 0.1) is 0 Å². The number of para-hydroxylation sites is 1. The Hall–Kier alpha value is -1.11. The first-order chi connectivity index (χ1) is 8.35. The predicted octanol–water partition coefficient (Wildman–Crippen LogP) is 0.841. The Bertz CT molecular complexity index is 486. The maximum absolute atomic E-state index is 12.3. The van der Waals surface area contributed by atoms with E-state index in [0.717, 1.165) is 13.0 Å². The number of nitrogens with zero attached hydrogens (tertiary/aromatic N) is 2. The number of anilines is 1. The van der Waals surface area contributed by atoms with E-state index in [9.17, 15) is 8.42 Å². The maximum atomic E-state index is 12.3. The van der Waals surface area contributed by atoms with Crippen molar-refractivity contribution >= 4 is 15.7 Å². The van der Waals surface area contributed by atoms with Crippen LogP contribution in [-0.2, 0) is 10.0 Å². The van der Waals surface area contributed by atoms with Crippen LogP contribution < -0.4 is 5.73 Å². The lowest BCUT2D eigenvalue weighted by Gasteiger charge is -2.19. The molecular formula is C12H21N3O2S. The van der Waals surface area contributed by atoms with Crippen molar-refractivity contribution in [2.75, 3.05) is 40.0 Å². The highest BCUT2D eigenvalue weighted by Crippen LogP contribution is 2.20. The molecule has 0 aliphatic rings. The van der Waals surface area contributed by atoms with Gasteiger partial charge in [0.1, 0.15) is 4.90 Å². The maximum Gasteiger partial charge on any atom is 0.244 e. The van der Waals surface area contributed by atoms with E-state index in [2.05, 4.69) is 0 Å². The van der Waals surface area contributed by atoms with Crippen molar-refractivity contribution in [3.63, 3.8) is 0 Å². The standard InChI is InChI=1S/C12H21N3O2S/c1-14(2)9-6-10-15(3)18(16,17)12-8-5-4-7-11(12)13/h4-5,7-8H,6,9-10,13H2,1-3H3. The molecule has 0 atom stereocenters. The molecule has 1 aromatic carbocycles. The third kappa shape index (κ3) is 3.69. The summed E-state index contributed by atoms with van der Waals surface area (Å²) in [6, 6.07) is 6.53. The van der Waals surface area contributed by atoms with Gasteiger partial charge in [0.25, 0.3) is 0 Å². The van der Waals surface area contributed by atoms with Gasteiger partial charge in [-0.25, -0.2) is 12.7 Å². The molecule has 0 unspecified atom stereocenters. The number of benzene rings is 1. The van der Waals surface area contributed by atoms with Crippen LogP contribution in [0.1, 0.15) is 6.42 Å². The second kappa shape index (κ2) is 6.17. The van der Waals surface area contributed by atoms with Gasteiger partial charge in [-0.05, 0) is 39.2 Å². The van der Waals surface area contributed by atoms with Gasteiger partial charge in [-0.3, -0.25) is 0 Å². The van der Waals surface area contributed by atoms with E-state index in [4.69, 9.17) is 5.73 Å². The van der Waals surface area contributed by atoms with Crippen LogP contribution in [0.5, 0.6) is 0 Å². The van der Waals surface area contributed by atoms with Gasteiger partial charge in [0, 0.05) is 13.6 Å². The van der Waals surface area contributed by atoms with Crippen LogP contribution in [0.4, 0.5) is 5.69 Å². The van der Waals surface area contributed by atoms with Gasteiger partial charge >= 0.3 is 0 Å². The molecule has 0 aliphatic carbocycles. The SMILES string of the molecule is CN(C)CCCN(C)S(=O)(=O)c1ccccc1N. The van der Waals surface area contributed by atoms with Crippen LogP contribution >= 0.6 is 0 Å². The molecule has 0 aromatic heterocycles. The second-order valence-corrected chi connectivity index (χ2v) is 6.53. The predicted molar refractivity (Wildman–Crippen MR) is 73.8 cm³/mol. The molecule has 6 heteroatoms. The van der Waals surface area contributed by atoms with Crippen molar-refractivity contribution < 1.29 is 8.42 Å². The quantitative estimate of drug-likeness (QED) is 0.779. The summed E-state index contributed by atoms with van der Waals surface area (Å²) in [7, 11) is 2.03. The van der Waals surface area contributed by atoms with Crippen molar-refractivity contribution in [1.29, 1.82) is 0 Å². The zero-order valence-electron chi connectivity index (χ0n) is 11.1. The molecule has 0 radical (unpaired) electrons. The Labute approximate surface area is 109 Å². The molecule has 5 nitrogen and oxygen atoms in total. The van der Waals surface area contributed by atoms with E-state index in [1.54, 1.807) is 25.2 Å². The first-order valence-electron chi connectivity index (χ1n) is 5.81. The molecular weight excluding hydrogens is 250 g/mol. The average Bonchev–Trinajstić information content (AvgIpc) is 2.28. The van der Waals surface area contributed by atoms with Crippen molar-refractivity contribution in [1.82, 2.24) is 9.21 Å². The van der Waals surface area contributed by atoms with Gasteiger partial charge in [0.2, 0.25) is 10.0 Å². The molecule has 0 fully saturated rings. The number of rotatable bonds is 6. The van der Waals surface area contributed by atoms with Gasteiger partial charge in [0.05, 0.1) is 5.69 Å². The molecule has 1 rings (SSSR count). The lowest BCUT2D eigenvalue weighted by atomic mass is 10.3. The zero-order valence-corrected chi connectivity index (χ0v) is 11.9. The fourth-order valence-electron chi connectivity index (χ4n) is 1.61. The lowest BCUT2D eigenvalue weighted by molar-refractivity contribution is 0.370. The second-order valence-electron chi connectivity index (χ2n) is 4.52. The molecule has 0 heterocycles. The Balaban J connectivity index is 2.78. The van der Waals surface area contributed by atoms with Crippen LogP contribution in [0.3, 0.4) is 0 Å². The van der Waals surface area contributed by atoms with Crippen LogP contribution in [-0.4, -0.2) is 51.9 Å². The molecule has 18 heavy (non-hydrogen) atoms. The molecule has 0 spiro atoms. The van der Waals surface area contributed by atoms with Crippen LogP contribution in [0.25, 0.3) is 0 Å². The highest BCUT2D eigenvalue weighted by Gasteiger charge is 2.22. The molecule has 102 valence electrons. The topological polar surface area (TPSA) is 66.6 Å². The summed E-state index contributed by atoms with van der Waals surface area (Å²) in [5, 5.41) is 0. The third-order valence-corrected chi connectivity index (χ3v) is 4.62. The molecule has 0 aliphatic heterocycles. The van der Waals surface area contributed by atoms with E-state index in [1.165, 1.54) is 10.4 Å². The smallest absolute Gasteiger partial charge is 0.244 e. The first-order valence-corrected chi connectivity index (χ1v) is 7.25. The monoisotopic (exact) mass is 271 g/mol. The number of nitrogens with two attached hydrogens (primary N) is 1. The lowest BCUT2D eigenvalue weighted by Crippen LogP contribution is -2.30. The van der Waals surface area contributed by atoms with E-state index in [0.29, 0.717) is 6.54 Å². The Morgan fingerprint density at radius 3 is 2.28 bits per heavy atom. The van der Waals surface area contributed by atoms with E-state index < -0.39 is 10.0 Å². The summed E-state index contributed by atoms with van der Waals surface area (Å²) in [6.07, 6.45) is 0.787. The third-order valence-electron chi connectivity index (χ3n) is 2.69. The van der Waals surface area contributed by atoms with E-state index >= 15 is 0 Å². The average molecular weight is 271 g/mol. The Morgan fingerprint density at radius 2 is 1.72 bits per heavy atom. The van der Waals surface area contributed by atoms with Gasteiger partial charge < -0.3 is 10.6 Å². The summed E-state index contributed by atoms with van der Waals surface area (Å²) in [4.78, 5) is 2.20. The highest BCUT2D eigenvalue weighted by molar-refractivity contribution is 7.89. The number of sulfonamides is 1. The number of hydrogen-bond donors (Lipinski definition) is 1. The fourth-order valence-corrected chi connectivity index (χ4v) is 2.93. The molecule has 0 saturated carbocycles. The van der Waals surface area contributed by atoms with Gasteiger partial charge in [-0.2, -0.15) is 0 Å². The van der Waals surface area contributed by atoms with E-state index in [-0.39, 0.29) is 10.6 Å². The normalized spacial score (nSPS) is 12.3. The number of nitrogen functional groups attached to an aromatic ring is 1. The zero-order chi connectivity index (χ0) is 13.8. The summed E-state index contributed by atoms with van der Waals surface area (Å²) < 4.78 is 25.9. The number of hydrogen-bond acceptors (Lipinski definition) is 4. The molecule has 1 aromatic rings. The molecule has 0 bridgehead atoms. The summed E-state index contributed by atoms with van der Waals surface area (Å²) in [5.41, 5.74) is 6.00. The van der Waals surface area contributed by atoms with Gasteiger partial charge in [0.15, 0.2) is 0 Å². The highest BCUT2D eigenvalue weighted by atomic mass is 32.2. The fraction of sp³-hybridized carbons (Fsp3) is 0.500. The molecule has 0 amide bonds. The summed E-state index contributed by atoms with van der Waals surface area (Å²) >= 11 is 0. The minimum absolute atomic E-state index is 0.178. The minimum atomic E-state index is -3.48. The van der Waals surface area contributed by atoms with E-state index in [1.807, 2.05) is 19.0 Å². The van der Waals surface area contributed by atoms with Crippen molar-refractivity contribution in [3.05, 3.63) is 24.3 Å². The van der Waals surface area contributed by atoms with Gasteiger partial charge in [-0.15, -0.1) is 0 Å². The van der Waals surface area contributed by atoms with Gasteiger partial charge in [-0.1, -0.05) is 12.1 Å². The summed E-state index contributed by atoms with van der Waals surface area (Å²) in [5.74, 6) is 0.